The van der Waals surface area contributed by atoms with Crippen molar-refractivity contribution in [2.45, 2.75) is 0 Å². The average Bonchev–Trinajstić information content (AvgIpc) is 2.35. The third-order valence-electron chi connectivity index (χ3n) is 2.30. The number of pyridine rings is 1. The number of halogens is 5. The van der Waals surface area contributed by atoms with Gasteiger partial charge in [0.2, 0.25) is 5.78 Å². The van der Waals surface area contributed by atoms with Crippen LogP contribution in [0.25, 0.3) is 0 Å². The van der Waals surface area contributed by atoms with Gasteiger partial charge in [-0.05, 0) is 50.1 Å². The van der Waals surface area contributed by atoms with Crippen molar-refractivity contribution in [3.05, 3.63) is 62.1 Å². The van der Waals surface area contributed by atoms with Gasteiger partial charge in [-0.3, -0.25) is 9.78 Å². The van der Waals surface area contributed by atoms with E-state index in [1.807, 2.05) is 0 Å². The molecule has 19 heavy (non-hydrogen) atoms. The first-order chi connectivity index (χ1) is 8.91. The van der Waals surface area contributed by atoms with E-state index in [9.17, 15) is 18.0 Å². The van der Waals surface area contributed by atoms with E-state index in [0.29, 0.717) is 15.0 Å². The highest BCUT2D eigenvalue weighted by Crippen LogP contribution is 2.24. The highest BCUT2D eigenvalue weighted by Gasteiger charge is 2.22. The van der Waals surface area contributed by atoms with Gasteiger partial charge < -0.3 is 0 Å². The van der Waals surface area contributed by atoms with Gasteiger partial charge >= 0.3 is 0 Å². The van der Waals surface area contributed by atoms with Gasteiger partial charge in [0.15, 0.2) is 17.5 Å². The lowest BCUT2D eigenvalue weighted by Crippen LogP contribution is -2.09. The van der Waals surface area contributed by atoms with Crippen LogP contribution in [0.3, 0.4) is 0 Å². The molecule has 0 saturated heterocycles. The summed E-state index contributed by atoms with van der Waals surface area (Å²) in [6, 6.07) is 3.11. The minimum absolute atomic E-state index is 0.0897. The summed E-state index contributed by atoms with van der Waals surface area (Å²) >= 11 is 6.25. The summed E-state index contributed by atoms with van der Waals surface area (Å²) in [6.07, 6.45) is 1.34. The van der Waals surface area contributed by atoms with Crippen molar-refractivity contribution in [1.29, 1.82) is 0 Å². The number of hydrogen-bond acceptors (Lipinski definition) is 2. The highest BCUT2D eigenvalue weighted by atomic mass is 79.9. The Bertz CT molecular complexity index is 676. The summed E-state index contributed by atoms with van der Waals surface area (Å²) in [4.78, 5) is 15.8. The predicted octanol–water partition coefficient (Wildman–Crippen LogP) is 4.25. The third-order valence-corrected chi connectivity index (χ3v) is 3.34. The Labute approximate surface area is 122 Å². The van der Waals surface area contributed by atoms with Crippen LogP contribution in [0.15, 0.2) is 33.3 Å². The number of carbonyl (C=O) groups excluding carboxylic acids is 1. The topological polar surface area (TPSA) is 30.0 Å². The van der Waals surface area contributed by atoms with E-state index in [0.717, 1.165) is 6.07 Å². The molecule has 0 bridgehead atoms. The molecule has 0 amide bonds. The van der Waals surface area contributed by atoms with Crippen LogP contribution in [-0.4, -0.2) is 10.8 Å². The summed E-state index contributed by atoms with van der Waals surface area (Å²) in [6.45, 7) is 0. The van der Waals surface area contributed by atoms with Crippen molar-refractivity contribution in [1.82, 2.24) is 4.98 Å². The minimum atomic E-state index is -1.68. The zero-order valence-corrected chi connectivity index (χ0v) is 12.2. The molecule has 0 aliphatic carbocycles. The standard InChI is InChI=1S/C12H4Br2F3NO/c13-5-3-7(14)11(18-4-5)12(19)6-1-2-8(15)10(17)9(6)16/h1-4H. The summed E-state index contributed by atoms with van der Waals surface area (Å²) < 4.78 is 40.3. The molecule has 0 spiro atoms. The van der Waals surface area contributed by atoms with Crippen LogP contribution >= 0.6 is 31.9 Å². The molecule has 0 saturated carbocycles. The molecule has 2 rings (SSSR count). The molecule has 1 aromatic carbocycles. The van der Waals surface area contributed by atoms with Crippen LogP contribution < -0.4 is 0 Å². The Morgan fingerprint density at radius 3 is 2.42 bits per heavy atom. The molecule has 2 nitrogen and oxygen atoms in total. The van der Waals surface area contributed by atoms with E-state index in [1.54, 1.807) is 0 Å². The molecular weight excluding hydrogens is 391 g/mol. The van der Waals surface area contributed by atoms with Gasteiger partial charge in [0.1, 0.15) is 5.69 Å². The van der Waals surface area contributed by atoms with Gasteiger partial charge in [-0.2, -0.15) is 0 Å². The summed E-state index contributed by atoms with van der Waals surface area (Å²) in [5, 5.41) is 0. The second kappa shape index (κ2) is 5.42. The quantitative estimate of drug-likeness (QED) is 0.562. The zero-order valence-electron chi connectivity index (χ0n) is 9.05. The van der Waals surface area contributed by atoms with Crippen LogP contribution in [0.5, 0.6) is 0 Å². The van der Waals surface area contributed by atoms with E-state index in [-0.39, 0.29) is 5.69 Å². The fourth-order valence-electron chi connectivity index (χ4n) is 1.41. The molecular formula is C12H4Br2F3NO. The first-order valence-electron chi connectivity index (χ1n) is 4.91. The first-order valence-corrected chi connectivity index (χ1v) is 6.49. The molecule has 2 aromatic rings. The largest absolute Gasteiger partial charge is 0.287 e. The van der Waals surface area contributed by atoms with Crippen molar-refractivity contribution in [3.63, 3.8) is 0 Å². The van der Waals surface area contributed by atoms with Crippen molar-refractivity contribution in [2.75, 3.05) is 0 Å². The molecule has 0 N–H and O–H groups in total. The SMILES string of the molecule is O=C(c1ccc(F)c(F)c1F)c1ncc(Br)cc1Br. The van der Waals surface area contributed by atoms with Crippen LogP contribution in [-0.2, 0) is 0 Å². The lowest BCUT2D eigenvalue weighted by molar-refractivity contribution is 0.102. The minimum Gasteiger partial charge on any atom is -0.287 e. The number of ketones is 1. The van der Waals surface area contributed by atoms with Crippen molar-refractivity contribution < 1.29 is 18.0 Å². The second-order valence-corrected chi connectivity index (χ2v) is 5.31. The van der Waals surface area contributed by atoms with Crippen molar-refractivity contribution in [2.24, 2.45) is 0 Å². The van der Waals surface area contributed by atoms with Gasteiger partial charge in [0.25, 0.3) is 0 Å². The molecule has 7 heteroatoms. The van der Waals surface area contributed by atoms with E-state index >= 15 is 0 Å². The average molecular weight is 395 g/mol. The molecule has 0 atom stereocenters. The van der Waals surface area contributed by atoms with E-state index in [1.165, 1.54) is 12.3 Å². The smallest absolute Gasteiger partial charge is 0.215 e. The molecule has 0 aliphatic rings. The fraction of sp³-hybridized carbons (Fsp3) is 0. The summed E-state index contributed by atoms with van der Waals surface area (Å²) in [5.41, 5.74) is -0.664. The van der Waals surface area contributed by atoms with Crippen molar-refractivity contribution >= 4 is 37.6 Å². The number of benzene rings is 1. The number of hydrogen-bond donors (Lipinski definition) is 0. The van der Waals surface area contributed by atoms with E-state index in [2.05, 4.69) is 36.8 Å². The van der Waals surface area contributed by atoms with E-state index in [4.69, 9.17) is 0 Å². The maximum atomic E-state index is 13.5. The number of nitrogens with zero attached hydrogens (tertiary/aromatic N) is 1. The first kappa shape index (κ1) is 14.2. The summed E-state index contributed by atoms with van der Waals surface area (Å²) in [5.74, 6) is -5.40. The maximum absolute atomic E-state index is 13.5. The van der Waals surface area contributed by atoms with Gasteiger partial charge in [-0.1, -0.05) is 0 Å². The van der Waals surface area contributed by atoms with E-state index < -0.39 is 28.8 Å². The molecule has 1 heterocycles. The number of aromatic nitrogens is 1. The lowest BCUT2D eigenvalue weighted by Gasteiger charge is -2.05. The summed E-state index contributed by atoms with van der Waals surface area (Å²) in [7, 11) is 0. The zero-order chi connectivity index (χ0) is 14.2. The molecule has 0 fully saturated rings. The molecule has 98 valence electrons. The predicted molar refractivity (Wildman–Crippen MR) is 69.4 cm³/mol. The Balaban J connectivity index is 2.53. The molecule has 0 radical (unpaired) electrons. The van der Waals surface area contributed by atoms with Gasteiger partial charge in [-0.25, -0.2) is 13.2 Å². The Morgan fingerprint density at radius 1 is 1.11 bits per heavy atom. The number of carbonyl (C=O) groups is 1. The van der Waals surface area contributed by atoms with Gasteiger partial charge in [-0.15, -0.1) is 0 Å². The Kier molecular flexibility index (Phi) is 4.05. The highest BCUT2D eigenvalue weighted by molar-refractivity contribution is 9.11. The van der Waals surface area contributed by atoms with Gasteiger partial charge in [0, 0.05) is 15.1 Å². The maximum Gasteiger partial charge on any atom is 0.215 e. The third kappa shape index (κ3) is 2.71. The molecule has 0 unspecified atom stereocenters. The van der Waals surface area contributed by atoms with Crippen LogP contribution in [0.2, 0.25) is 0 Å². The van der Waals surface area contributed by atoms with Crippen LogP contribution in [0.4, 0.5) is 13.2 Å². The Morgan fingerprint density at radius 2 is 1.79 bits per heavy atom. The van der Waals surface area contributed by atoms with Crippen LogP contribution in [0.1, 0.15) is 16.1 Å². The lowest BCUT2D eigenvalue weighted by atomic mass is 10.1. The second-order valence-electron chi connectivity index (χ2n) is 3.54. The molecule has 0 aliphatic heterocycles. The van der Waals surface area contributed by atoms with Gasteiger partial charge in [0.05, 0.1) is 5.56 Å². The fourth-order valence-corrected chi connectivity index (χ4v) is 2.58. The number of rotatable bonds is 2. The monoisotopic (exact) mass is 393 g/mol. The molecule has 1 aromatic heterocycles. The van der Waals surface area contributed by atoms with Crippen molar-refractivity contribution in [3.8, 4) is 0 Å². The Hall–Kier alpha value is -1.21. The normalized spacial score (nSPS) is 10.6. The van der Waals surface area contributed by atoms with Crippen LogP contribution in [0, 0.1) is 17.5 Å².